The molecule has 0 radical (unpaired) electrons. The zero-order valence-electron chi connectivity index (χ0n) is 17.1. The van der Waals surface area contributed by atoms with E-state index in [2.05, 4.69) is 20.4 Å². The molecule has 2 amide bonds. The van der Waals surface area contributed by atoms with Crippen LogP contribution in [0.4, 0.5) is 5.69 Å². The quantitative estimate of drug-likeness (QED) is 0.679. The van der Waals surface area contributed by atoms with Crippen LogP contribution in [0, 0.1) is 19.8 Å². The first-order chi connectivity index (χ1) is 14.5. The van der Waals surface area contributed by atoms with Crippen LogP contribution in [0.15, 0.2) is 49.1 Å². The predicted octanol–water partition coefficient (Wildman–Crippen LogP) is 2.13. The van der Waals surface area contributed by atoms with Gasteiger partial charge in [-0.2, -0.15) is 5.10 Å². The average molecular weight is 404 g/mol. The minimum absolute atomic E-state index is 0.0147. The highest BCUT2D eigenvalue weighted by Gasteiger charge is 2.35. The van der Waals surface area contributed by atoms with Crippen LogP contribution in [0.3, 0.4) is 0 Å². The fraction of sp³-hybridized carbons (Fsp3) is 0.318. The van der Waals surface area contributed by atoms with E-state index in [0.717, 1.165) is 16.9 Å². The molecule has 4 rings (SSSR count). The van der Waals surface area contributed by atoms with Gasteiger partial charge in [0, 0.05) is 43.8 Å². The number of amides is 2. The third-order valence-corrected chi connectivity index (χ3v) is 5.40. The highest BCUT2D eigenvalue weighted by Crippen LogP contribution is 2.26. The first-order valence-corrected chi connectivity index (χ1v) is 9.96. The lowest BCUT2D eigenvalue weighted by Gasteiger charge is -2.18. The fourth-order valence-electron chi connectivity index (χ4n) is 3.52. The third kappa shape index (κ3) is 4.22. The molecule has 1 aliphatic rings. The Balaban J connectivity index is 1.30. The third-order valence-electron chi connectivity index (χ3n) is 5.40. The molecule has 1 fully saturated rings. The number of carbonyl (C=O) groups excluding carboxylic acids is 2. The van der Waals surface area contributed by atoms with Gasteiger partial charge in [0.15, 0.2) is 0 Å². The highest BCUT2D eigenvalue weighted by molar-refractivity contribution is 6.00. The van der Waals surface area contributed by atoms with Gasteiger partial charge in [0.1, 0.15) is 11.4 Å². The summed E-state index contributed by atoms with van der Waals surface area (Å²) in [4.78, 5) is 35.0. The molecule has 30 heavy (non-hydrogen) atoms. The van der Waals surface area contributed by atoms with Gasteiger partial charge in [-0.15, -0.1) is 0 Å². The van der Waals surface area contributed by atoms with Gasteiger partial charge < -0.3 is 10.2 Å². The summed E-state index contributed by atoms with van der Waals surface area (Å²) in [6.07, 6.45) is 6.98. The van der Waals surface area contributed by atoms with E-state index in [4.69, 9.17) is 0 Å². The second-order valence-electron chi connectivity index (χ2n) is 7.52. The number of hydrogen-bond acceptors (Lipinski definition) is 5. The van der Waals surface area contributed by atoms with E-state index in [-0.39, 0.29) is 24.2 Å². The standard InChI is InChI=1S/C22H24N6O2/c1-15-3-4-18(11-16(15)2)28-14-17(12-21(28)29)22(30)25-8-10-27-9-5-19(26-27)20-13-23-6-7-24-20/h3-7,9,11,13,17H,8,10,12,14H2,1-2H3,(H,25,30). The minimum Gasteiger partial charge on any atom is -0.354 e. The lowest BCUT2D eigenvalue weighted by atomic mass is 10.1. The number of carbonyl (C=O) groups is 2. The summed E-state index contributed by atoms with van der Waals surface area (Å²) in [5.41, 5.74) is 4.61. The molecule has 3 aromatic rings. The van der Waals surface area contributed by atoms with Crippen molar-refractivity contribution in [2.75, 3.05) is 18.0 Å². The molecule has 8 nitrogen and oxygen atoms in total. The van der Waals surface area contributed by atoms with Gasteiger partial charge in [-0.1, -0.05) is 6.07 Å². The van der Waals surface area contributed by atoms with Crippen LogP contribution in [-0.2, 0) is 16.1 Å². The van der Waals surface area contributed by atoms with Crippen LogP contribution in [0.5, 0.6) is 0 Å². The Kier molecular flexibility index (Phi) is 5.56. The van der Waals surface area contributed by atoms with Crippen molar-refractivity contribution in [3.8, 4) is 11.4 Å². The van der Waals surface area contributed by atoms with Gasteiger partial charge >= 0.3 is 0 Å². The highest BCUT2D eigenvalue weighted by atomic mass is 16.2. The number of hydrogen-bond donors (Lipinski definition) is 1. The van der Waals surface area contributed by atoms with E-state index in [1.807, 2.05) is 44.3 Å². The Bertz CT molecular complexity index is 1060. The van der Waals surface area contributed by atoms with Crippen molar-refractivity contribution in [3.63, 3.8) is 0 Å². The molecular weight excluding hydrogens is 380 g/mol. The Labute approximate surface area is 175 Å². The summed E-state index contributed by atoms with van der Waals surface area (Å²) in [5.74, 6) is -0.457. The number of nitrogens with one attached hydrogen (secondary N) is 1. The first kappa shape index (κ1) is 19.8. The molecule has 0 aliphatic carbocycles. The summed E-state index contributed by atoms with van der Waals surface area (Å²) in [6, 6.07) is 7.81. The molecule has 3 heterocycles. The molecule has 1 unspecified atom stereocenters. The largest absolute Gasteiger partial charge is 0.354 e. The van der Waals surface area contributed by atoms with Gasteiger partial charge in [-0.3, -0.25) is 24.2 Å². The Morgan fingerprint density at radius 3 is 2.80 bits per heavy atom. The number of aromatic nitrogens is 4. The van der Waals surface area contributed by atoms with E-state index in [9.17, 15) is 9.59 Å². The molecular formula is C22H24N6O2. The molecule has 8 heteroatoms. The van der Waals surface area contributed by atoms with Gasteiger partial charge in [-0.05, 0) is 43.2 Å². The van der Waals surface area contributed by atoms with Crippen LogP contribution in [0.1, 0.15) is 17.5 Å². The van der Waals surface area contributed by atoms with Gasteiger partial charge in [0.05, 0.1) is 18.7 Å². The zero-order chi connectivity index (χ0) is 21.1. The molecule has 0 bridgehead atoms. The van der Waals surface area contributed by atoms with Gasteiger partial charge in [-0.25, -0.2) is 0 Å². The fourth-order valence-corrected chi connectivity index (χ4v) is 3.52. The van der Waals surface area contributed by atoms with E-state index >= 15 is 0 Å². The second kappa shape index (κ2) is 8.44. The summed E-state index contributed by atoms with van der Waals surface area (Å²) < 4.78 is 1.76. The number of nitrogens with zero attached hydrogens (tertiary/aromatic N) is 5. The molecule has 1 aromatic carbocycles. The van der Waals surface area contributed by atoms with Crippen molar-refractivity contribution in [1.29, 1.82) is 0 Å². The van der Waals surface area contributed by atoms with Crippen molar-refractivity contribution in [3.05, 3.63) is 60.2 Å². The molecule has 0 saturated carbocycles. The second-order valence-corrected chi connectivity index (χ2v) is 7.52. The molecule has 1 N–H and O–H groups in total. The van der Waals surface area contributed by atoms with Crippen LogP contribution >= 0.6 is 0 Å². The van der Waals surface area contributed by atoms with E-state index in [1.165, 1.54) is 5.56 Å². The first-order valence-electron chi connectivity index (χ1n) is 9.96. The topological polar surface area (TPSA) is 93.0 Å². The number of anilines is 1. The van der Waals surface area contributed by atoms with Crippen molar-refractivity contribution in [2.24, 2.45) is 5.92 Å². The van der Waals surface area contributed by atoms with E-state index < -0.39 is 0 Å². The monoisotopic (exact) mass is 404 g/mol. The molecule has 1 aliphatic heterocycles. The summed E-state index contributed by atoms with van der Waals surface area (Å²) in [7, 11) is 0. The smallest absolute Gasteiger partial charge is 0.227 e. The lowest BCUT2D eigenvalue weighted by molar-refractivity contribution is -0.126. The van der Waals surface area contributed by atoms with E-state index in [1.54, 1.807) is 28.2 Å². The molecule has 1 saturated heterocycles. The maximum atomic E-state index is 12.6. The Hall–Kier alpha value is -3.55. The predicted molar refractivity (Wildman–Crippen MR) is 113 cm³/mol. The molecule has 1 atom stereocenters. The number of aryl methyl sites for hydroxylation is 2. The average Bonchev–Trinajstić information content (AvgIpc) is 3.38. The molecule has 154 valence electrons. The molecule has 0 spiro atoms. The maximum absolute atomic E-state index is 12.6. The Morgan fingerprint density at radius 1 is 1.17 bits per heavy atom. The van der Waals surface area contributed by atoms with Crippen LogP contribution in [0.25, 0.3) is 11.4 Å². The van der Waals surface area contributed by atoms with E-state index in [0.29, 0.717) is 25.3 Å². The van der Waals surface area contributed by atoms with Crippen molar-refractivity contribution in [1.82, 2.24) is 25.1 Å². The SMILES string of the molecule is Cc1ccc(N2CC(C(=O)NCCn3ccc(-c4cnccn4)n3)CC2=O)cc1C. The number of benzene rings is 1. The van der Waals surface area contributed by atoms with Crippen molar-refractivity contribution in [2.45, 2.75) is 26.8 Å². The van der Waals surface area contributed by atoms with Crippen LogP contribution < -0.4 is 10.2 Å². The summed E-state index contributed by atoms with van der Waals surface area (Å²) in [6.45, 7) is 5.44. The normalized spacial score (nSPS) is 16.1. The summed E-state index contributed by atoms with van der Waals surface area (Å²) in [5, 5.41) is 7.38. The van der Waals surface area contributed by atoms with Crippen LogP contribution in [0.2, 0.25) is 0 Å². The maximum Gasteiger partial charge on any atom is 0.227 e. The zero-order valence-corrected chi connectivity index (χ0v) is 17.1. The number of rotatable bonds is 6. The van der Waals surface area contributed by atoms with Crippen LogP contribution in [-0.4, -0.2) is 44.7 Å². The van der Waals surface area contributed by atoms with Crippen molar-refractivity contribution < 1.29 is 9.59 Å². The minimum atomic E-state index is -0.341. The van der Waals surface area contributed by atoms with Gasteiger partial charge in [0.2, 0.25) is 11.8 Å². The Morgan fingerprint density at radius 2 is 2.03 bits per heavy atom. The lowest BCUT2D eigenvalue weighted by Crippen LogP contribution is -2.34. The van der Waals surface area contributed by atoms with Gasteiger partial charge in [0.25, 0.3) is 0 Å². The summed E-state index contributed by atoms with van der Waals surface area (Å²) >= 11 is 0. The van der Waals surface area contributed by atoms with Crippen molar-refractivity contribution >= 4 is 17.5 Å². The molecule has 2 aromatic heterocycles.